The van der Waals surface area contributed by atoms with Crippen molar-refractivity contribution in [3.05, 3.63) is 23.0 Å². The highest BCUT2D eigenvalue weighted by atomic mass is 16.5. The zero-order valence-electron chi connectivity index (χ0n) is 12.9. The predicted molar refractivity (Wildman–Crippen MR) is 81.8 cm³/mol. The zero-order chi connectivity index (χ0) is 16.4. The van der Waals surface area contributed by atoms with Gasteiger partial charge in [-0.1, -0.05) is 13.3 Å². The number of nitrogens with one attached hydrogen (secondary N) is 1. The highest BCUT2D eigenvalue weighted by Crippen LogP contribution is 2.31. The minimum absolute atomic E-state index is 0.178. The van der Waals surface area contributed by atoms with Crippen LogP contribution in [0.5, 0.6) is 0 Å². The molecule has 3 rings (SSSR count). The molecule has 2 aromatic heterocycles. The molecule has 3 heterocycles. The van der Waals surface area contributed by atoms with Crippen molar-refractivity contribution in [2.24, 2.45) is 0 Å². The Kier molecular flexibility index (Phi) is 4.53. The van der Waals surface area contributed by atoms with Gasteiger partial charge in [0, 0.05) is 6.42 Å². The molecule has 3 atom stereocenters. The van der Waals surface area contributed by atoms with Crippen LogP contribution in [0.4, 0.5) is 0 Å². The van der Waals surface area contributed by atoms with Gasteiger partial charge in [-0.25, -0.2) is 9.97 Å². The lowest BCUT2D eigenvalue weighted by Gasteiger charge is -2.19. The standard InChI is InChI=1S/C15H20N4O4/c1-2-3-4-9(20)13(21)10-5-6-11(23-10)19-8-18-12-14(19)16-7-17-15(12)22/h7-8,10-11,13,21H,2-6H2,1H3,(H,16,17,22)/t10-,11+,13?/m0/s1. The Bertz CT molecular complexity index is 753. The molecule has 0 saturated carbocycles. The van der Waals surface area contributed by atoms with E-state index in [0.29, 0.717) is 24.9 Å². The third kappa shape index (κ3) is 3.04. The Morgan fingerprint density at radius 3 is 3.13 bits per heavy atom. The topological polar surface area (TPSA) is 110 Å². The average Bonchev–Trinajstić information content (AvgIpc) is 3.18. The smallest absolute Gasteiger partial charge is 0.278 e. The van der Waals surface area contributed by atoms with Crippen LogP contribution >= 0.6 is 0 Å². The second-order valence-electron chi connectivity index (χ2n) is 5.78. The Hall–Kier alpha value is -2.06. The van der Waals surface area contributed by atoms with Crippen LogP contribution < -0.4 is 5.56 Å². The maximum atomic E-state index is 11.9. The summed E-state index contributed by atoms with van der Waals surface area (Å²) in [6, 6.07) is 0. The van der Waals surface area contributed by atoms with Crippen molar-refractivity contribution in [2.45, 2.75) is 57.5 Å². The molecule has 0 aliphatic carbocycles. The maximum Gasteiger partial charge on any atom is 0.278 e. The van der Waals surface area contributed by atoms with E-state index in [4.69, 9.17) is 4.74 Å². The number of carbonyl (C=O) groups is 1. The number of unbranched alkanes of at least 4 members (excludes halogenated alkanes) is 1. The van der Waals surface area contributed by atoms with Crippen LogP contribution in [0, 0.1) is 0 Å². The van der Waals surface area contributed by atoms with Gasteiger partial charge in [-0.2, -0.15) is 0 Å². The van der Waals surface area contributed by atoms with Gasteiger partial charge < -0.3 is 14.8 Å². The van der Waals surface area contributed by atoms with Crippen LogP contribution in [0.2, 0.25) is 0 Å². The minimum atomic E-state index is -1.10. The highest BCUT2D eigenvalue weighted by Gasteiger charge is 2.35. The van der Waals surface area contributed by atoms with E-state index in [2.05, 4.69) is 15.0 Å². The largest absolute Gasteiger partial charge is 0.383 e. The van der Waals surface area contributed by atoms with Crippen LogP contribution in [-0.4, -0.2) is 42.6 Å². The fourth-order valence-electron chi connectivity index (χ4n) is 2.86. The lowest BCUT2D eigenvalue weighted by Crippen LogP contribution is -2.33. The van der Waals surface area contributed by atoms with Gasteiger partial charge >= 0.3 is 0 Å². The summed E-state index contributed by atoms with van der Waals surface area (Å²) in [6.07, 6.45) is 4.07. The molecule has 1 aliphatic heterocycles. The quantitative estimate of drug-likeness (QED) is 0.819. The Labute approximate surface area is 132 Å². The van der Waals surface area contributed by atoms with Crippen molar-refractivity contribution in [2.75, 3.05) is 0 Å². The maximum absolute atomic E-state index is 11.9. The van der Waals surface area contributed by atoms with E-state index in [0.717, 1.165) is 12.8 Å². The number of ether oxygens (including phenoxy) is 1. The number of aliphatic hydroxyl groups is 1. The number of Topliss-reactive ketones (excluding diaryl/α,β-unsaturated/α-hetero) is 1. The first-order valence-corrected chi connectivity index (χ1v) is 7.88. The van der Waals surface area contributed by atoms with Gasteiger partial charge in [0.05, 0.1) is 18.8 Å². The monoisotopic (exact) mass is 320 g/mol. The summed E-state index contributed by atoms with van der Waals surface area (Å²) in [4.78, 5) is 34.3. The summed E-state index contributed by atoms with van der Waals surface area (Å²) in [5.74, 6) is -0.178. The molecule has 124 valence electrons. The number of hydrogen-bond acceptors (Lipinski definition) is 6. The molecule has 2 aromatic rings. The molecule has 23 heavy (non-hydrogen) atoms. The Morgan fingerprint density at radius 1 is 1.52 bits per heavy atom. The van der Waals surface area contributed by atoms with Crippen LogP contribution in [0.3, 0.4) is 0 Å². The number of fused-ring (bicyclic) bond motifs is 1. The van der Waals surface area contributed by atoms with Gasteiger partial charge in [-0.05, 0) is 19.3 Å². The number of ketones is 1. The Balaban J connectivity index is 1.73. The summed E-state index contributed by atoms with van der Waals surface area (Å²) in [6.45, 7) is 2.00. The van der Waals surface area contributed by atoms with Crippen molar-refractivity contribution < 1.29 is 14.6 Å². The molecule has 8 nitrogen and oxygen atoms in total. The molecular formula is C15H20N4O4. The van der Waals surface area contributed by atoms with Crippen LogP contribution in [0.1, 0.15) is 45.3 Å². The summed E-state index contributed by atoms with van der Waals surface area (Å²) < 4.78 is 7.49. The molecule has 0 spiro atoms. The van der Waals surface area contributed by atoms with Crippen molar-refractivity contribution in [1.29, 1.82) is 0 Å². The number of aromatic amines is 1. The highest BCUT2D eigenvalue weighted by molar-refractivity contribution is 5.83. The molecule has 0 amide bonds. The predicted octanol–water partition coefficient (Wildman–Crippen LogP) is 0.917. The molecule has 1 fully saturated rings. The zero-order valence-corrected chi connectivity index (χ0v) is 12.9. The van der Waals surface area contributed by atoms with Crippen molar-refractivity contribution >= 4 is 16.9 Å². The third-order valence-corrected chi connectivity index (χ3v) is 4.16. The van der Waals surface area contributed by atoms with E-state index in [1.807, 2.05) is 6.92 Å². The fourth-order valence-corrected chi connectivity index (χ4v) is 2.86. The van der Waals surface area contributed by atoms with Crippen LogP contribution in [0.15, 0.2) is 17.4 Å². The molecule has 1 aliphatic rings. The number of rotatable bonds is 6. The van der Waals surface area contributed by atoms with Crippen molar-refractivity contribution in [3.63, 3.8) is 0 Å². The van der Waals surface area contributed by atoms with Crippen molar-refractivity contribution in [1.82, 2.24) is 19.5 Å². The fraction of sp³-hybridized carbons (Fsp3) is 0.600. The lowest BCUT2D eigenvalue weighted by molar-refractivity contribution is -0.137. The summed E-state index contributed by atoms with van der Waals surface area (Å²) in [5.41, 5.74) is 0.378. The van der Waals surface area contributed by atoms with Crippen LogP contribution in [-0.2, 0) is 9.53 Å². The number of carbonyl (C=O) groups excluding carboxylic acids is 1. The summed E-state index contributed by atoms with van der Waals surface area (Å²) >= 11 is 0. The number of hydrogen-bond donors (Lipinski definition) is 2. The van der Waals surface area contributed by atoms with E-state index in [1.165, 1.54) is 12.7 Å². The van der Waals surface area contributed by atoms with E-state index in [1.54, 1.807) is 4.57 Å². The number of H-pyrrole nitrogens is 1. The Morgan fingerprint density at radius 2 is 2.35 bits per heavy atom. The molecule has 1 unspecified atom stereocenters. The minimum Gasteiger partial charge on any atom is -0.383 e. The van der Waals surface area contributed by atoms with E-state index in [9.17, 15) is 14.7 Å². The van der Waals surface area contributed by atoms with Gasteiger partial charge in [-0.3, -0.25) is 14.2 Å². The molecule has 0 aromatic carbocycles. The summed E-state index contributed by atoms with van der Waals surface area (Å²) in [7, 11) is 0. The molecule has 1 saturated heterocycles. The van der Waals surface area contributed by atoms with Gasteiger partial charge in [0.2, 0.25) is 0 Å². The first-order chi connectivity index (χ1) is 11.1. The molecule has 2 N–H and O–H groups in total. The number of aromatic nitrogens is 4. The first kappa shape index (κ1) is 15.8. The molecule has 0 radical (unpaired) electrons. The number of imidazole rings is 1. The number of nitrogens with zero attached hydrogens (tertiary/aromatic N) is 3. The number of aliphatic hydroxyl groups excluding tert-OH is 1. The van der Waals surface area contributed by atoms with E-state index < -0.39 is 12.2 Å². The van der Waals surface area contributed by atoms with E-state index in [-0.39, 0.29) is 23.1 Å². The van der Waals surface area contributed by atoms with E-state index >= 15 is 0 Å². The van der Waals surface area contributed by atoms with Gasteiger partial charge in [0.25, 0.3) is 5.56 Å². The average molecular weight is 320 g/mol. The molecular weight excluding hydrogens is 300 g/mol. The second-order valence-corrected chi connectivity index (χ2v) is 5.78. The van der Waals surface area contributed by atoms with Gasteiger partial charge in [-0.15, -0.1) is 0 Å². The molecule has 8 heteroatoms. The summed E-state index contributed by atoms with van der Waals surface area (Å²) in [5, 5.41) is 10.1. The first-order valence-electron chi connectivity index (χ1n) is 7.88. The second kappa shape index (κ2) is 6.59. The van der Waals surface area contributed by atoms with Gasteiger partial charge in [0.1, 0.15) is 12.3 Å². The third-order valence-electron chi connectivity index (χ3n) is 4.16. The molecule has 0 bridgehead atoms. The normalized spacial score (nSPS) is 22.5. The SMILES string of the molecule is CCCCC(=O)C(O)[C@@H]1CC[C@H](n2cnc3c(=O)[nH]cnc32)O1. The van der Waals surface area contributed by atoms with Crippen molar-refractivity contribution in [3.8, 4) is 0 Å². The lowest BCUT2D eigenvalue weighted by atomic mass is 10.0. The van der Waals surface area contributed by atoms with Gasteiger partial charge in [0.15, 0.2) is 16.9 Å². The van der Waals surface area contributed by atoms with Crippen LogP contribution in [0.25, 0.3) is 11.2 Å².